The number of ether oxygens (including phenoxy) is 1. The normalized spacial score (nSPS) is 13.7. The van der Waals surface area contributed by atoms with E-state index in [0.717, 1.165) is 24.4 Å². The average Bonchev–Trinajstić information content (AvgIpc) is 2.83. The van der Waals surface area contributed by atoms with Gasteiger partial charge in [0.15, 0.2) is 0 Å². The van der Waals surface area contributed by atoms with Gasteiger partial charge in [-0.25, -0.2) is 9.29 Å². The average molecular weight is 504 g/mol. The number of hydrogen-bond donors (Lipinski definition) is 4. The fourth-order valence-corrected chi connectivity index (χ4v) is 4.52. The molecule has 0 radical (unpaired) electrons. The van der Waals surface area contributed by atoms with Gasteiger partial charge in [0, 0.05) is 36.1 Å². The lowest BCUT2D eigenvalue weighted by atomic mass is 10.1. The van der Waals surface area contributed by atoms with E-state index in [-0.39, 0.29) is 12.2 Å². The third-order valence-corrected chi connectivity index (χ3v) is 6.59. The summed E-state index contributed by atoms with van der Waals surface area (Å²) in [7, 11) is 0. The van der Waals surface area contributed by atoms with E-state index in [1.165, 1.54) is 12.8 Å². The van der Waals surface area contributed by atoms with Crippen molar-refractivity contribution in [2.75, 3.05) is 32.8 Å². The summed E-state index contributed by atoms with van der Waals surface area (Å²) in [5, 5.41) is 20.5. The van der Waals surface area contributed by atoms with Crippen LogP contribution in [0, 0.1) is 12.3 Å². The Morgan fingerprint density at radius 1 is 1.26 bits per heavy atom. The van der Waals surface area contributed by atoms with Crippen molar-refractivity contribution in [3.63, 3.8) is 0 Å². The van der Waals surface area contributed by atoms with Gasteiger partial charge in [0.1, 0.15) is 11.6 Å². The summed E-state index contributed by atoms with van der Waals surface area (Å²) in [5.41, 5.74) is 1.76. The summed E-state index contributed by atoms with van der Waals surface area (Å²) in [6.45, 7) is 13.0. The maximum atomic E-state index is 12.6. The molecule has 1 aliphatic rings. The van der Waals surface area contributed by atoms with Gasteiger partial charge in [0.05, 0.1) is 30.2 Å². The standard InChI is InChI=1S/C22H31N5O3S.C4H10/c1-4-6-18(23)20-14(3)22(29)26-21(25-20)17-11-16(7-8-19(17)30-5-2)31-27-12-15(13-27)24-9-10-28;1-3-4-2/h7-8,11,15,23-24,28H,4-6,9-10,12-13H2,1-3H3,(H,25,26,29);3-4H2,1-2H3. The topological polar surface area (TPSA) is 114 Å². The number of hydrogen-bond acceptors (Lipinski definition) is 8. The van der Waals surface area contributed by atoms with E-state index >= 15 is 0 Å². The maximum absolute atomic E-state index is 12.6. The van der Waals surface area contributed by atoms with Gasteiger partial charge in [-0.3, -0.25) is 4.79 Å². The maximum Gasteiger partial charge on any atom is 0.254 e. The highest BCUT2D eigenvalue weighted by Gasteiger charge is 2.27. The van der Waals surface area contributed by atoms with E-state index in [2.05, 4.69) is 33.4 Å². The quantitative estimate of drug-likeness (QED) is 0.251. The minimum atomic E-state index is -0.234. The molecule has 4 N–H and O–H groups in total. The first-order valence-electron chi connectivity index (χ1n) is 12.6. The highest BCUT2D eigenvalue weighted by atomic mass is 32.2. The molecular formula is C26H41N5O3S. The number of aliphatic hydroxyl groups is 1. The van der Waals surface area contributed by atoms with Crippen LogP contribution in [0.15, 0.2) is 27.9 Å². The highest BCUT2D eigenvalue weighted by Crippen LogP contribution is 2.35. The molecular weight excluding hydrogens is 462 g/mol. The number of benzene rings is 1. The van der Waals surface area contributed by atoms with E-state index in [9.17, 15) is 4.79 Å². The first-order chi connectivity index (χ1) is 16.9. The largest absolute Gasteiger partial charge is 0.493 e. The van der Waals surface area contributed by atoms with Crippen molar-refractivity contribution in [2.24, 2.45) is 0 Å². The van der Waals surface area contributed by atoms with Crippen LogP contribution in [0.5, 0.6) is 5.75 Å². The van der Waals surface area contributed by atoms with Crippen molar-refractivity contribution >= 4 is 17.7 Å². The molecule has 0 aliphatic carbocycles. The molecule has 1 saturated heterocycles. The molecule has 2 aromatic rings. The van der Waals surface area contributed by atoms with Gasteiger partial charge in [-0.15, -0.1) is 0 Å². The molecule has 0 atom stereocenters. The fraction of sp³-hybridized carbons (Fsp3) is 0.577. The van der Waals surface area contributed by atoms with Gasteiger partial charge in [0.25, 0.3) is 5.56 Å². The van der Waals surface area contributed by atoms with E-state index in [4.69, 9.17) is 15.3 Å². The Morgan fingerprint density at radius 2 is 1.97 bits per heavy atom. The van der Waals surface area contributed by atoms with Crippen molar-refractivity contribution < 1.29 is 9.84 Å². The lowest BCUT2D eigenvalue weighted by molar-refractivity contribution is 0.221. The van der Waals surface area contributed by atoms with Gasteiger partial charge in [-0.05, 0) is 50.4 Å². The van der Waals surface area contributed by atoms with Crippen molar-refractivity contribution in [3.05, 3.63) is 39.8 Å². The molecule has 1 aromatic carbocycles. The molecule has 1 aliphatic heterocycles. The number of rotatable bonds is 12. The first kappa shape index (κ1) is 29.0. The minimum absolute atomic E-state index is 0.144. The predicted molar refractivity (Wildman–Crippen MR) is 145 cm³/mol. The van der Waals surface area contributed by atoms with Gasteiger partial charge >= 0.3 is 0 Å². The summed E-state index contributed by atoms with van der Waals surface area (Å²) >= 11 is 1.64. The fourth-order valence-electron chi connectivity index (χ4n) is 3.41. The number of unbranched alkanes of at least 4 members (excludes halogenated alkanes) is 1. The van der Waals surface area contributed by atoms with Crippen molar-refractivity contribution in [1.29, 1.82) is 5.41 Å². The summed E-state index contributed by atoms with van der Waals surface area (Å²) in [5.74, 6) is 1.07. The summed E-state index contributed by atoms with van der Waals surface area (Å²) < 4.78 is 8.04. The summed E-state index contributed by atoms with van der Waals surface area (Å²) in [6, 6.07) is 6.27. The van der Waals surface area contributed by atoms with Crippen LogP contribution in [0.3, 0.4) is 0 Å². The molecule has 0 amide bonds. The molecule has 0 saturated carbocycles. The number of nitrogens with zero attached hydrogens (tertiary/aromatic N) is 2. The SMILES string of the molecule is CCCC.CCCC(=N)c1nc(-c2cc(SN3CC(NCCO)C3)ccc2OCC)[nH]c(=O)c1C. The third-order valence-electron chi connectivity index (χ3n) is 5.57. The second-order valence-electron chi connectivity index (χ2n) is 8.52. The molecule has 35 heavy (non-hydrogen) atoms. The summed E-state index contributed by atoms with van der Waals surface area (Å²) in [6.07, 6.45) is 4.04. The number of aromatic amines is 1. The molecule has 3 rings (SSSR count). The molecule has 2 heterocycles. The molecule has 0 bridgehead atoms. The van der Waals surface area contributed by atoms with E-state index in [1.54, 1.807) is 18.9 Å². The smallest absolute Gasteiger partial charge is 0.254 e. The number of aliphatic hydroxyl groups excluding tert-OH is 1. The van der Waals surface area contributed by atoms with E-state index < -0.39 is 0 Å². The second kappa shape index (κ2) is 15.0. The Balaban J connectivity index is 0.00000100. The Morgan fingerprint density at radius 3 is 2.57 bits per heavy atom. The lowest BCUT2D eigenvalue weighted by Crippen LogP contribution is -2.55. The second-order valence-corrected chi connectivity index (χ2v) is 9.69. The van der Waals surface area contributed by atoms with Crippen molar-refractivity contribution in [2.45, 2.75) is 71.2 Å². The van der Waals surface area contributed by atoms with Crippen molar-refractivity contribution in [1.82, 2.24) is 19.6 Å². The zero-order valence-corrected chi connectivity index (χ0v) is 22.6. The highest BCUT2D eigenvalue weighted by molar-refractivity contribution is 7.97. The van der Waals surface area contributed by atoms with Crippen LogP contribution < -0.4 is 15.6 Å². The minimum Gasteiger partial charge on any atom is -0.493 e. The van der Waals surface area contributed by atoms with Crippen LogP contribution in [0.1, 0.15) is 64.6 Å². The Bertz CT molecular complexity index is 1000. The molecule has 0 unspecified atom stereocenters. The van der Waals surface area contributed by atoms with Gasteiger partial charge < -0.3 is 25.6 Å². The van der Waals surface area contributed by atoms with Crippen LogP contribution in [0.25, 0.3) is 11.4 Å². The monoisotopic (exact) mass is 503 g/mol. The summed E-state index contributed by atoms with van der Waals surface area (Å²) in [4.78, 5) is 21.1. The van der Waals surface area contributed by atoms with Gasteiger partial charge in [0.2, 0.25) is 0 Å². The Hall–Kier alpha value is -2.20. The number of H-pyrrole nitrogens is 1. The van der Waals surface area contributed by atoms with Crippen LogP contribution in [0.4, 0.5) is 0 Å². The number of aromatic nitrogens is 2. The Labute approximate surface area is 213 Å². The molecule has 194 valence electrons. The number of nitrogens with one attached hydrogen (secondary N) is 3. The zero-order valence-electron chi connectivity index (χ0n) is 21.7. The molecule has 8 nitrogen and oxygen atoms in total. The molecule has 1 aromatic heterocycles. The van der Waals surface area contributed by atoms with Crippen LogP contribution in [0.2, 0.25) is 0 Å². The Kier molecular flexibility index (Phi) is 12.5. The zero-order chi connectivity index (χ0) is 25.8. The van der Waals surface area contributed by atoms with E-state index in [0.29, 0.717) is 59.7 Å². The van der Waals surface area contributed by atoms with Gasteiger partial charge in [-0.2, -0.15) is 0 Å². The molecule has 1 fully saturated rings. The van der Waals surface area contributed by atoms with E-state index in [1.807, 2.05) is 32.0 Å². The predicted octanol–water partition coefficient (Wildman–Crippen LogP) is 4.39. The lowest BCUT2D eigenvalue weighted by Gasteiger charge is -2.38. The van der Waals surface area contributed by atoms with Crippen LogP contribution in [-0.2, 0) is 0 Å². The van der Waals surface area contributed by atoms with Crippen molar-refractivity contribution in [3.8, 4) is 17.1 Å². The van der Waals surface area contributed by atoms with Crippen LogP contribution >= 0.6 is 11.9 Å². The van der Waals surface area contributed by atoms with Gasteiger partial charge in [-0.1, -0.05) is 40.0 Å². The molecule has 0 spiro atoms. The first-order valence-corrected chi connectivity index (χ1v) is 13.4. The third kappa shape index (κ3) is 8.45. The molecule has 9 heteroatoms. The van der Waals surface area contributed by atoms with Crippen LogP contribution in [-0.4, -0.2) is 64.0 Å².